The molecule has 0 aliphatic heterocycles. The number of aliphatic hydroxyl groups excluding tert-OH is 1. The fourth-order valence-electron chi connectivity index (χ4n) is 1.35. The number of halogens is 1. The predicted octanol–water partition coefficient (Wildman–Crippen LogP) is 2.45. The highest BCUT2D eigenvalue weighted by molar-refractivity contribution is 6.31. The molecule has 0 unspecified atom stereocenters. The first-order valence-corrected chi connectivity index (χ1v) is 4.78. The van der Waals surface area contributed by atoms with Crippen molar-refractivity contribution < 1.29 is 5.11 Å². The summed E-state index contributed by atoms with van der Waals surface area (Å²) in [6.45, 7) is 4.35. The molecule has 0 aliphatic carbocycles. The van der Waals surface area contributed by atoms with Crippen molar-refractivity contribution in [1.29, 1.82) is 0 Å². The second-order valence-corrected chi connectivity index (χ2v) is 3.47. The number of anilines is 1. The van der Waals surface area contributed by atoms with Crippen molar-refractivity contribution in [3.8, 4) is 0 Å². The van der Waals surface area contributed by atoms with Crippen LogP contribution in [-0.2, 0) is 6.61 Å². The molecule has 1 N–H and O–H groups in total. The van der Waals surface area contributed by atoms with E-state index in [9.17, 15) is 5.11 Å². The van der Waals surface area contributed by atoms with Crippen LogP contribution in [0.15, 0.2) is 30.9 Å². The molecule has 0 fully saturated rings. The third-order valence-electron chi connectivity index (χ3n) is 2.07. The molecule has 76 valence electrons. The van der Waals surface area contributed by atoms with Crippen molar-refractivity contribution in [2.45, 2.75) is 6.61 Å². The monoisotopic (exact) mass is 211 g/mol. The molecule has 1 rings (SSSR count). The Bertz CT molecular complexity index is 325. The molecule has 14 heavy (non-hydrogen) atoms. The molecule has 0 spiro atoms. The van der Waals surface area contributed by atoms with Crippen LogP contribution < -0.4 is 4.90 Å². The maximum Gasteiger partial charge on any atom is 0.0716 e. The lowest BCUT2D eigenvalue weighted by molar-refractivity contribution is 0.282. The van der Waals surface area contributed by atoms with E-state index >= 15 is 0 Å². The van der Waals surface area contributed by atoms with Crippen LogP contribution in [0.4, 0.5) is 5.69 Å². The first-order chi connectivity index (χ1) is 6.70. The zero-order valence-corrected chi connectivity index (χ0v) is 8.96. The predicted molar refractivity (Wildman–Crippen MR) is 60.8 cm³/mol. The van der Waals surface area contributed by atoms with Gasteiger partial charge in [-0.25, -0.2) is 0 Å². The van der Waals surface area contributed by atoms with Crippen LogP contribution in [0.25, 0.3) is 0 Å². The molecule has 0 bridgehead atoms. The quantitative estimate of drug-likeness (QED) is 0.774. The Morgan fingerprint density at radius 3 is 2.86 bits per heavy atom. The van der Waals surface area contributed by atoms with Gasteiger partial charge >= 0.3 is 0 Å². The summed E-state index contributed by atoms with van der Waals surface area (Å²) >= 11 is 5.96. The molecule has 0 atom stereocenters. The maximum absolute atomic E-state index is 9.18. The normalized spacial score (nSPS) is 9.93. The van der Waals surface area contributed by atoms with Gasteiger partial charge in [-0.1, -0.05) is 23.7 Å². The summed E-state index contributed by atoms with van der Waals surface area (Å²) in [6.07, 6.45) is 1.81. The molecule has 0 heterocycles. The molecule has 0 saturated heterocycles. The average molecular weight is 212 g/mol. The number of benzene rings is 1. The number of nitrogens with zero attached hydrogens (tertiary/aromatic N) is 1. The van der Waals surface area contributed by atoms with Crippen molar-refractivity contribution >= 4 is 17.3 Å². The third kappa shape index (κ3) is 2.28. The van der Waals surface area contributed by atoms with Gasteiger partial charge < -0.3 is 10.0 Å². The van der Waals surface area contributed by atoms with Gasteiger partial charge in [-0.2, -0.15) is 0 Å². The van der Waals surface area contributed by atoms with Gasteiger partial charge in [0.15, 0.2) is 0 Å². The van der Waals surface area contributed by atoms with E-state index in [0.717, 1.165) is 17.8 Å². The van der Waals surface area contributed by atoms with Crippen LogP contribution >= 0.6 is 11.6 Å². The summed E-state index contributed by atoms with van der Waals surface area (Å²) < 4.78 is 0. The van der Waals surface area contributed by atoms with Crippen molar-refractivity contribution in [2.24, 2.45) is 0 Å². The Hall–Kier alpha value is -0.990. The molecule has 1 aromatic rings. The summed E-state index contributed by atoms with van der Waals surface area (Å²) in [5, 5.41) is 9.78. The summed E-state index contributed by atoms with van der Waals surface area (Å²) in [7, 11) is 1.94. The van der Waals surface area contributed by atoms with Gasteiger partial charge in [0.1, 0.15) is 0 Å². The molecule has 0 radical (unpaired) electrons. The second kappa shape index (κ2) is 5.03. The van der Waals surface area contributed by atoms with Crippen LogP contribution in [0.2, 0.25) is 5.02 Å². The summed E-state index contributed by atoms with van der Waals surface area (Å²) in [6, 6.07) is 5.58. The Morgan fingerprint density at radius 1 is 1.57 bits per heavy atom. The van der Waals surface area contributed by atoms with Crippen LogP contribution in [0.1, 0.15) is 5.56 Å². The molecule has 0 saturated carbocycles. The van der Waals surface area contributed by atoms with Crippen LogP contribution in [0, 0.1) is 0 Å². The number of hydrogen-bond donors (Lipinski definition) is 1. The van der Waals surface area contributed by atoms with Gasteiger partial charge in [0.2, 0.25) is 0 Å². The molecule has 1 aromatic carbocycles. The van der Waals surface area contributed by atoms with Gasteiger partial charge in [-0.05, 0) is 12.1 Å². The van der Waals surface area contributed by atoms with Crippen molar-refractivity contribution in [2.75, 3.05) is 18.5 Å². The van der Waals surface area contributed by atoms with E-state index in [1.165, 1.54) is 0 Å². The first kappa shape index (κ1) is 11.1. The van der Waals surface area contributed by atoms with Gasteiger partial charge in [-0.15, -0.1) is 6.58 Å². The lowest BCUT2D eigenvalue weighted by Crippen LogP contribution is -2.18. The fraction of sp³-hybridized carbons (Fsp3) is 0.273. The second-order valence-electron chi connectivity index (χ2n) is 3.06. The molecular formula is C11H14ClNO. The zero-order chi connectivity index (χ0) is 10.6. The molecule has 0 aliphatic rings. The first-order valence-electron chi connectivity index (χ1n) is 4.41. The van der Waals surface area contributed by atoms with Crippen LogP contribution in [0.5, 0.6) is 0 Å². The highest BCUT2D eigenvalue weighted by Crippen LogP contribution is 2.26. The Kier molecular flexibility index (Phi) is 3.98. The molecule has 0 amide bonds. The third-order valence-corrected chi connectivity index (χ3v) is 2.42. The smallest absolute Gasteiger partial charge is 0.0716 e. The van der Waals surface area contributed by atoms with Crippen molar-refractivity contribution in [3.63, 3.8) is 0 Å². The lowest BCUT2D eigenvalue weighted by atomic mass is 10.1. The van der Waals surface area contributed by atoms with Crippen LogP contribution in [0.3, 0.4) is 0 Å². The number of hydrogen-bond acceptors (Lipinski definition) is 2. The van der Waals surface area contributed by atoms with Crippen molar-refractivity contribution in [1.82, 2.24) is 0 Å². The van der Waals surface area contributed by atoms with Gasteiger partial charge in [0, 0.05) is 29.9 Å². The standard InChI is InChI=1S/C11H14ClNO/c1-3-7-13(2)11-6-4-5-10(12)9(11)8-14/h3-6,14H,1,7-8H2,2H3. The minimum atomic E-state index is -0.0451. The van der Waals surface area contributed by atoms with E-state index in [0.29, 0.717) is 5.02 Å². The Morgan fingerprint density at radius 2 is 2.29 bits per heavy atom. The zero-order valence-electron chi connectivity index (χ0n) is 8.20. The molecule has 3 heteroatoms. The Labute approximate surface area is 89.4 Å². The molecule has 2 nitrogen and oxygen atoms in total. The van der Waals surface area contributed by atoms with Gasteiger partial charge in [-0.3, -0.25) is 0 Å². The Balaban J connectivity index is 3.06. The fourth-order valence-corrected chi connectivity index (χ4v) is 1.58. The largest absolute Gasteiger partial charge is 0.392 e. The van der Waals surface area contributed by atoms with Crippen molar-refractivity contribution in [3.05, 3.63) is 41.4 Å². The van der Waals surface area contributed by atoms with E-state index in [2.05, 4.69) is 6.58 Å². The van der Waals surface area contributed by atoms with Gasteiger partial charge in [0.05, 0.1) is 6.61 Å². The summed E-state index contributed by atoms with van der Waals surface area (Å²) in [5.74, 6) is 0. The van der Waals surface area contributed by atoms with E-state index in [1.54, 1.807) is 6.07 Å². The van der Waals surface area contributed by atoms with E-state index in [1.807, 2.05) is 30.2 Å². The highest BCUT2D eigenvalue weighted by atomic mass is 35.5. The van der Waals surface area contributed by atoms with E-state index < -0.39 is 0 Å². The minimum Gasteiger partial charge on any atom is -0.392 e. The van der Waals surface area contributed by atoms with E-state index in [-0.39, 0.29) is 6.61 Å². The van der Waals surface area contributed by atoms with E-state index in [4.69, 9.17) is 11.6 Å². The maximum atomic E-state index is 9.18. The number of aliphatic hydroxyl groups is 1. The van der Waals surface area contributed by atoms with Gasteiger partial charge in [0.25, 0.3) is 0 Å². The minimum absolute atomic E-state index is 0.0451. The highest BCUT2D eigenvalue weighted by Gasteiger charge is 2.08. The topological polar surface area (TPSA) is 23.5 Å². The lowest BCUT2D eigenvalue weighted by Gasteiger charge is -2.20. The summed E-state index contributed by atoms with van der Waals surface area (Å²) in [4.78, 5) is 1.99. The number of rotatable bonds is 4. The molecule has 0 aromatic heterocycles. The molecular weight excluding hydrogens is 198 g/mol. The summed E-state index contributed by atoms with van der Waals surface area (Å²) in [5.41, 5.74) is 1.71. The SMILES string of the molecule is C=CCN(C)c1cccc(Cl)c1CO. The van der Waals surface area contributed by atoms with Crippen LogP contribution in [-0.4, -0.2) is 18.7 Å². The average Bonchev–Trinajstić information content (AvgIpc) is 2.17. The number of likely N-dealkylation sites (N-methyl/N-ethyl adjacent to an activating group) is 1.